The number of nitrogens with zero attached hydrogens (tertiary/aromatic N) is 2. The zero-order chi connectivity index (χ0) is 16.2. The van der Waals surface area contributed by atoms with E-state index in [0.29, 0.717) is 6.54 Å². The second-order valence-electron chi connectivity index (χ2n) is 6.60. The molecule has 22 heavy (non-hydrogen) atoms. The van der Waals surface area contributed by atoms with Crippen LogP contribution in [0.3, 0.4) is 0 Å². The van der Waals surface area contributed by atoms with Crippen LogP contribution >= 0.6 is 0 Å². The highest BCUT2D eigenvalue weighted by Gasteiger charge is 2.19. The summed E-state index contributed by atoms with van der Waals surface area (Å²) < 4.78 is 0. The number of fused-ring (bicyclic) bond motifs is 1. The molecule has 0 fully saturated rings. The molecule has 2 N–H and O–H groups in total. The van der Waals surface area contributed by atoms with Gasteiger partial charge in [-0.25, -0.2) is 4.98 Å². The van der Waals surface area contributed by atoms with E-state index in [1.807, 2.05) is 38.5 Å². The monoisotopic (exact) mass is 300 g/mol. The van der Waals surface area contributed by atoms with Gasteiger partial charge in [0, 0.05) is 42.5 Å². The molecule has 2 rings (SSSR count). The topological polar surface area (TPSA) is 61.0 Å². The number of rotatable bonds is 6. The lowest BCUT2D eigenvalue weighted by Gasteiger charge is -2.28. The van der Waals surface area contributed by atoms with Gasteiger partial charge in [-0.15, -0.1) is 0 Å². The molecule has 0 aliphatic heterocycles. The molecule has 5 heteroatoms. The molecule has 1 amide bonds. The summed E-state index contributed by atoms with van der Waals surface area (Å²) in [7, 11) is 4.07. The number of aromatic amines is 1. The van der Waals surface area contributed by atoms with E-state index < -0.39 is 0 Å². The fourth-order valence-corrected chi connectivity index (χ4v) is 2.58. The quantitative estimate of drug-likeness (QED) is 0.805. The largest absolute Gasteiger partial charge is 0.352 e. The van der Waals surface area contributed by atoms with E-state index in [9.17, 15) is 4.79 Å². The van der Waals surface area contributed by atoms with Crippen molar-refractivity contribution < 1.29 is 4.79 Å². The van der Waals surface area contributed by atoms with Crippen molar-refractivity contribution in [3.8, 4) is 0 Å². The summed E-state index contributed by atoms with van der Waals surface area (Å²) in [5, 5.41) is 3.97. The second kappa shape index (κ2) is 6.75. The molecule has 0 aliphatic rings. The van der Waals surface area contributed by atoms with Crippen molar-refractivity contribution in [3.05, 3.63) is 36.2 Å². The minimum absolute atomic E-state index is 0.0394. The van der Waals surface area contributed by atoms with Crippen molar-refractivity contribution >= 4 is 23.0 Å². The lowest BCUT2D eigenvalue weighted by atomic mass is 9.93. The van der Waals surface area contributed by atoms with Crippen LogP contribution in [-0.4, -0.2) is 48.0 Å². The average Bonchev–Trinajstić information content (AvgIpc) is 2.85. The first-order valence-corrected chi connectivity index (χ1v) is 7.40. The van der Waals surface area contributed by atoms with Crippen molar-refractivity contribution in [2.75, 3.05) is 27.2 Å². The van der Waals surface area contributed by atoms with Crippen LogP contribution in [0.25, 0.3) is 17.1 Å². The van der Waals surface area contributed by atoms with Gasteiger partial charge < -0.3 is 15.2 Å². The van der Waals surface area contributed by atoms with E-state index in [1.54, 1.807) is 12.3 Å². The second-order valence-corrected chi connectivity index (χ2v) is 6.60. The van der Waals surface area contributed by atoms with Crippen LogP contribution in [0.4, 0.5) is 0 Å². The number of H-pyrrole nitrogens is 1. The number of aromatic nitrogens is 2. The van der Waals surface area contributed by atoms with Gasteiger partial charge in [0.05, 0.1) is 0 Å². The lowest BCUT2D eigenvalue weighted by Crippen LogP contribution is -2.39. The van der Waals surface area contributed by atoms with Gasteiger partial charge in [0.2, 0.25) is 5.91 Å². The van der Waals surface area contributed by atoms with Crippen molar-refractivity contribution in [2.45, 2.75) is 13.8 Å². The van der Waals surface area contributed by atoms with Crippen molar-refractivity contribution in [1.29, 1.82) is 0 Å². The Bertz CT molecular complexity index is 670. The molecule has 0 atom stereocenters. The van der Waals surface area contributed by atoms with Crippen LogP contribution in [0.2, 0.25) is 0 Å². The summed E-state index contributed by atoms with van der Waals surface area (Å²) in [5.74, 6) is -0.0786. The number of nitrogens with one attached hydrogen (secondary N) is 2. The zero-order valence-corrected chi connectivity index (χ0v) is 13.7. The maximum atomic E-state index is 12.0. The zero-order valence-electron chi connectivity index (χ0n) is 13.7. The van der Waals surface area contributed by atoms with Gasteiger partial charge in [-0.05, 0) is 37.7 Å². The Hall–Kier alpha value is -2.14. The molecule has 0 aliphatic carbocycles. The molecule has 0 spiro atoms. The molecule has 0 unspecified atom stereocenters. The SMILES string of the molecule is CN(C)CC(C)(C)CNC(=O)C=Cc1c[nH]c2ncccc12. The van der Waals surface area contributed by atoms with Gasteiger partial charge in [0.25, 0.3) is 0 Å². The summed E-state index contributed by atoms with van der Waals surface area (Å²) in [6.07, 6.45) is 6.99. The van der Waals surface area contributed by atoms with Crippen molar-refractivity contribution in [1.82, 2.24) is 20.2 Å². The minimum Gasteiger partial charge on any atom is -0.352 e. The van der Waals surface area contributed by atoms with E-state index in [-0.39, 0.29) is 11.3 Å². The maximum absolute atomic E-state index is 12.0. The molecule has 0 bridgehead atoms. The molecule has 0 radical (unpaired) electrons. The summed E-state index contributed by atoms with van der Waals surface area (Å²) >= 11 is 0. The predicted octanol–water partition coefficient (Wildman–Crippen LogP) is 2.28. The molecule has 2 heterocycles. The van der Waals surface area contributed by atoms with Gasteiger partial charge >= 0.3 is 0 Å². The Labute approximate surface area is 131 Å². The first-order valence-electron chi connectivity index (χ1n) is 7.40. The Morgan fingerprint density at radius 3 is 2.95 bits per heavy atom. The highest BCUT2D eigenvalue weighted by molar-refractivity contribution is 5.95. The fraction of sp³-hybridized carbons (Fsp3) is 0.412. The number of pyridine rings is 1. The Kier molecular flexibility index (Phi) is 4.98. The third kappa shape index (κ3) is 4.43. The summed E-state index contributed by atoms with van der Waals surface area (Å²) in [5.41, 5.74) is 1.83. The molecular weight excluding hydrogens is 276 g/mol. The molecular formula is C17H24N4O. The first-order chi connectivity index (χ1) is 10.4. The number of hydrogen-bond acceptors (Lipinski definition) is 3. The van der Waals surface area contributed by atoms with Gasteiger partial charge in [-0.3, -0.25) is 4.79 Å². The summed E-state index contributed by atoms with van der Waals surface area (Å²) in [4.78, 5) is 21.4. The Morgan fingerprint density at radius 1 is 1.45 bits per heavy atom. The Balaban J connectivity index is 1.94. The van der Waals surface area contributed by atoms with E-state index in [1.165, 1.54) is 0 Å². The molecule has 0 saturated carbocycles. The standard InChI is InChI=1S/C17H24N4O/c1-17(2,12-21(3)4)11-20-15(22)8-7-13-10-19-16-14(13)6-5-9-18-16/h5-10H,11-12H2,1-4H3,(H,18,19)(H,20,22). The van der Waals surface area contributed by atoms with Crippen LogP contribution in [-0.2, 0) is 4.79 Å². The molecule has 2 aromatic heterocycles. The fourth-order valence-electron chi connectivity index (χ4n) is 2.58. The van der Waals surface area contributed by atoms with Gasteiger partial charge in [0.1, 0.15) is 5.65 Å². The molecule has 5 nitrogen and oxygen atoms in total. The van der Waals surface area contributed by atoms with Crippen LogP contribution in [0, 0.1) is 5.41 Å². The first kappa shape index (κ1) is 16.2. The third-order valence-electron chi connectivity index (χ3n) is 3.38. The number of amides is 1. The van der Waals surface area contributed by atoms with E-state index in [0.717, 1.165) is 23.1 Å². The van der Waals surface area contributed by atoms with E-state index in [4.69, 9.17) is 0 Å². The predicted molar refractivity (Wildman–Crippen MR) is 90.5 cm³/mol. The average molecular weight is 300 g/mol. The van der Waals surface area contributed by atoms with Crippen molar-refractivity contribution in [3.63, 3.8) is 0 Å². The van der Waals surface area contributed by atoms with Gasteiger partial charge in [0.15, 0.2) is 0 Å². The van der Waals surface area contributed by atoms with Crippen LogP contribution in [0.15, 0.2) is 30.6 Å². The number of hydrogen-bond donors (Lipinski definition) is 2. The summed E-state index contributed by atoms with van der Waals surface area (Å²) in [6, 6.07) is 3.87. The highest BCUT2D eigenvalue weighted by Crippen LogP contribution is 2.17. The van der Waals surface area contributed by atoms with Crippen molar-refractivity contribution in [2.24, 2.45) is 5.41 Å². The summed E-state index contributed by atoms with van der Waals surface area (Å²) in [6.45, 7) is 5.85. The van der Waals surface area contributed by atoms with Gasteiger partial charge in [-0.2, -0.15) is 0 Å². The maximum Gasteiger partial charge on any atom is 0.244 e. The van der Waals surface area contributed by atoms with E-state index in [2.05, 4.69) is 34.0 Å². The van der Waals surface area contributed by atoms with E-state index >= 15 is 0 Å². The number of carbonyl (C=O) groups is 1. The van der Waals surface area contributed by atoms with Gasteiger partial charge in [-0.1, -0.05) is 13.8 Å². The molecule has 118 valence electrons. The highest BCUT2D eigenvalue weighted by atomic mass is 16.1. The molecule has 0 saturated heterocycles. The van der Waals surface area contributed by atoms with Crippen LogP contribution in [0.1, 0.15) is 19.4 Å². The Morgan fingerprint density at radius 2 is 2.23 bits per heavy atom. The van der Waals surface area contributed by atoms with Crippen LogP contribution in [0.5, 0.6) is 0 Å². The normalized spacial score (nSPS) is 12.4. The number of carbonyl (C=O) groups excluding carboxylic acids is 1. The smallest absolute Gasteiger partial charge is 0.244 e. The molecule has 2 aromatic rings. The van der Waals surface area contributed by atoms with Crippen LogP contribution < -0.4 is 5.32 Å². The third-order valence-corrected chi connectivity index (χ3v) is 3.38. The minimum atomic E-state index is -0.0786. The molecule has 0 aromatic carbocycles. The lowest BCUT2D eigenvalue weighted by molar-refractivity contribution is -0.116.